The van der Waals surface area contributed by atoms with Crippen LogP contribution in [0.5, 0.6) is 0 Å². The fourth-order valence-corrected chi connectivity index (χ4v) is 2.52. The van der Waals surface area contributed by atoms with Gasteiger partial charge in [0.15, 0.2) is 5.13 Å². The summed E-state index contributed by atoms with van der Waals surface area (Å²) >= 11 is 3.04. The van der Waals surface area contributed by atoms with Gasteiger partial charge in [0.05, 0.1) is 0 Å². The maximum atomic E-state index is 5.58. The van der Waals surface area contributed by atoms with Crippen molar-refractivity contribution in [3.8, 4) is 23.0 Å². The summed E-state index contributed by atoms with van der Waals surface area (Å²) in [7, 11) is 0. The monoisotopic (exact) mass is 290 g/mol. The highest BCUT2D eigenvalue weighted by Gasteiger charge is 2.12. The Balaban J connectivity index is 1.91. The Kier molecular flexibility index (Phi) is 3.22. The van der Waals surface area contributed by atoms with Crippen LogP contribution in [0.3, 0.4) is 0 Å². The fraction of sp³-hybridized carbons (Fsp3) is 0.0833. The van der Waals surface area contributed by atoms with E-state index in [1.54, 1.807) is 17.1 Å². The predicted octanol–water partition coefficient (Wildman–Crippen LogP) is 3.16. The van der Waals surface area contributed by atoms with Crippen LogP contribution in [0, 0.1) is 0 Å². The van der Waals surface area contributed by atoms with E-state index >= 15 is 0 Å². The number of hydrogen-bond acceptors (Lipinski definition) is 7. The van der Waals surface area contributed by atoms with Crippen molar-refractivity contribution in [2.75, 3.05) is 12.0 Å². The van der Waals surface area contributed by atoms with Gasteiger partial charge in [-0.3, -0.25) is 0 Å². The van der Waals surface area contributed by atoms with Crippen LogP contribution in [0.25, 0.3) is 23.0 Å². The molecule has 0 fully saturated rings. The van der Waals surface area contributed by atoms with Gasteiger partial charge in [0.2, 0.25) is 5.82 Å². The van der Waals surface area contributed by atoms with Crippen LogP contribution >= 0.6 is 23.1 Å². The van der Waals surface area contributed by atoms with E-state index in [9.17, 15) is 0 Å². The van der Waals surface area contributed by atoms with E-state index in [4.69, 9.17) is 10.3 Å². The minimum Gasteiger partial charge on any atom is -0.375 e. The van der Waals surface area contributed by atoms with Gasteiger partial charge in [-0.05, 0) is 30.5 Å². The third kappa shape index (κ3) is 2.47. The van der Waals surface area contributed by atoms with Gasteiger partial charge >= 0.3 is 0 Å². The van der Waals surface area contributed by atoms with Gasteiger partial charge in [0, 0.05) is 15.8 Å². The van der Waals surface area contributed by atoms with Crippen molar-refractivity contribution in [2.24, 2.45) is 0 Å². The molecule has 0 unspecified atom stereocenters. The Labute approximate surface area is 117 Å². The van der Waals surface area contributed by atoms with E-state index in [1.807, 2.05) is 30.5 Å². The van der Waals surface area contributed by atoms with E-state index in [1.165, 1.54) is 16.2 Å². The first-order valence-electron chi connectivity index (χ1n) is 5.46. The van der Waals surface area contributed by atoms with Gasteiger partial charge in [-0.2, -0.15) is 4.98 Å². The molecule has 0 radical (unpaired) electrons. The maximum Gasteiger partial charge on any atom is 0.277 e. The highest BCUT2D eigenvalue weighted by atomic mass is 32.2. The van der Waals surface area contributed by atoms with Crippen molar-refractivity contribution >= 4 is 28.2 Å². The zero-order chi connectivity index (χ0) is 13.2. The fourth-order valence-electron chi connectivity index (χ4n) is 1.57. The Morgan fingerprint density at radius 2 is 2.00 bits per heavy atom. The van der Waals surface area contributed by atoms with Crippen LogP contribution < -0.4 is 5.73 Å². The summed E-state index contributed by atoms with van der Waals surface area (Å²) in [5.74, 6) is 0.936. The summed E-state index contributed by atoms with van der Waals surface area (Å²) in [6.45, 7) is 0. The molecule has 5 nitrogen and oxygen atoms in total. The molecule has 96 valence electrons. The van der Waals surface area contributed by atoms with E-state index in [2.05, 4.69) is 15.1 Å². The van der Waals surface area contributed by atoms with Crippen molar-refractivity contribution in [2.45, 2.75) is 4.90 Å². The SMILES string of the molecule is CSc1ccc(-c2noc(-c3csc(N)n3)n2)cc1. The molecule has 2 aromatic heterocycles. The summed E-state index contributed by atoms with van der Waals surface area (Å²) in [4.78, 5) is 9.63. The molecular weight excluding hydrogens is 280 g/mol. The van der Waals surface area contributed by atoms with Crippen molar-refractivity contribution in [1.82, 2.24) is 15.1 Å². The number of nitrogens with zero attached hydrogens (tertiary/aromatic N) is 3. The van der Waals surface area contributed by atoms with Gasteiger partial charge in [-0.15, -0.1) is 23.1 Å². The summed E-state index contributed by atoms with van der Waals surface area (Å²) in [5, 5.41) is 6.24. The lowest BCUT2D eigenvalue weighted by atomic mass is 10.2. The molecule has 0 aliphatic heterocycles. The number of anilines is 1. The van der Waals surface area contributed by atoms with Gasteiger partial charge in [-0.25, -0.2) is 4.98 Å². The molecule has 2 heterocycles. The van der Waals surface area contributed by atoms with Crippen LogP contribution in [0.4, 0.5) is 5.13 Å². The Hall–Kier alpha value is -1.86. The van der Waals surface area contributed by atoms with E-state index < -0.39 is 0 Å². The molecule has 0 amide bonds. The summed E-state index contributed by atoms with van der Waals surface area (Å²) in [5.41, 5.74) is 7.11. The van der Waals surface area contributed by atoms with Crippen LogP contribution in [0.15, 0.2) is 39.1 Å². The second kappa shape index (κ2) is 5.02. The first-order valence-corrected chi connectivity index (χ1v) is 7.56. The van der Waals surface area contributed by atoms with Crippen molar-refractivity contribution in [3.63, 3.8) is 0 Å². The summed E-state index contributed by atoms with van der Waals surface area (Å²) in [6, 6.07) is 7.99. The second-order valence-corrected chi connectivity index (χ2v) is 5.49. The first-order chi connectivity index (χ1) is 9.26. The van der Waals surface area contributed by atoms with Gasteiger partial charge in [0.25, 0.3) is 5.89 Å². The molecule has 0 bridgehead atoms. The average Bonchev–Trinajstić information content (AvgIpc) is 3.07. The van der Waals surface area contributed by atoms with E-state index in [-0.39, 0.29) is 0 Å². The van der Waals surface area contributed by atoms with Crippen LogP contribution in [0.2, 0.25) is 0 Å². The minimum atomic E-state index is 0.386. The van der Waals surface area contributed by atoms with Gasteiger partial charge < -0.3 is 10.3 Å². The van der Waals surface area contributed by atoms with Gasteiger partial charge in [0.1, 0.15) is 5.69 Å². The highest BCUT2D eigenvalue weighted by Crippen LogP contribution is 2.25. The Morgan fingerprint density at radius 3 is 2.63 bits per heavy atom. The second-order valence-electron chi connectivity index (χ2n) is 3.72. The van der Waals surface area contributed by atoms with Crippen LogP contribution in [-0.4, -0.2) is 21.4 Å². The molecule has 3 rings (SSSR count). The number of hydrogen-bond donors (Lipinski definition) is 1. The van der Waals surface area contributed by atoms with Crippen LogP contribution in [0.1, 0.15) is 0 Å². The zero-order valence-corrected chi connectivity index (χ0v) is 11.7. The smallest absolute Gasteiger partial charge is 0.277 e. The van der Waals surface area contributed by atoms with E-state index in [0.29, 0.717) is 22.5 Å². The zero-order valence-electron chi connectivity index (χ0n) is 10.0. The standard InChI is InChI=1S/C12H10N4OS2/c1-18-8-4-2-7(3-5-8)10-15-11(17-16-10)9-6-19-12(13)14-9/h2-6H,1H3,(H2,13,14). The summed E-state index contributed by atoms with van der Waals surface area (Å²) < 4.78 is 5.20. The molecule has 0 aliphatic rings. The molecule has 0 atom stereocenters. The maximum absolute atomic E-state index is 5.58. The predicted molar refractivity (Wildman–Crippen MR) is 77.0 cm³/mol. The lowest BCUT2D eigenvalue weighted by Gasteiger charge is -1.96. The molecule has 1 aromatic carbocycles. The molecule has 19 heavy (non-hydrogen) atoms. The first kappa shape index (κ1) is 12.2. The normalized spacial score (nSPS) is 10.8. The number of nitrogen functional groups attached to an aromatic ring is 1. The lowest BCUT2D eigenvalue weighted by molar-refractivity contribution is 0.431. The average molecular weight is 290 g/mol. The quantitative estimate of drug-likeness (QED) is 0.746. The largest absolute Gasteiger partial charge is 0.375 e. The number of aromatic nitrogens is 3. The lowest BCUT2D eigenvalue weighted by Crippen LogP contribution is -1.83. The molecule has 0 saturated carbocycles. The Bertz CT molecular complexity index is 690. The molecular formula is C12H10N4OS2. The topological polar surface area (TPSA) is 77.8 Å². The molecule has 0 aliphatic carbocycles. The third-order valence-corrected chi connectivity index (χ3v) is 3.93. The van der Waals surface area contributed by atoms with E-state index in [0.717, 1.165) is 5.56 Å². The third-order valence-electron chi connectivity index (χ3n) is 2.52. The molecule has 7 heteroatoms. The van der Waals surface area contributed by atoms with Crippen molar-refractivity contribution in [3.05, 3.63) is 29.6 Å². The number of thioether (sulfide) groups is 1. The van der Waals surface area contributed by atoms with Gasteiger partial charge in [-0.1, -0.05) is 5.16 Å². The highest BCUT2D eigenvalue weighted by molar-refractivity contribution is 7.98. The Morgan fingerprint density at radius 1 is 1.21 bits per heavy atom. The number of thiazole rings is 1. The molecule has 0 saturated heterocycles. The van der Waals surface area contributed by atoms with Crippen LogP contribution in [-0.2, 0) is 0 Å². The van der Waals surface area contributed by atoms with Crippen molar-refractivity contribution < 1.29 is 4.52 Å². The molecule has 2 N–H and O–H groups in total. The van der Waals surface area contributed by atoms with Crippen molar-refractivity contribution in [1.29, 1.82) is 0 Å². The number of rotatable bonds is 3. The minimum absolute atomic E-state index is 0.386. The summed E-state index contributed by atoms with van der Waals surface area (Å²) in [6.07, 6.45) is 2.04. The number of benzene rings is 1. The number of nitrogens with two attached hydrogens (primary N) is 1. The molecule has 0 spiro atoms. The molecule has 3 aromatic rings.